The van der Waals surface area contributed by atoms with E-state index >= 15 is 0 Å². The lowest BCUT2D eigenvalue weighted by Gasteiger charge is -2.23. The highest BCUT2D eigenvalue weighted by Gasteiger charge is 2.19. The molecule has 1 aliphatic heterocycles. The fourth-order valence-electron chi connectivity index (χ4n) is 2.03. The number of halogens is 1. The maximum absolute atomic E-state index is 13.2. The van der Waals surface area contributed by atoms with E-state index in [1.807, 2.05) is 0 Å². The Hall–Kier alpha value is -1.09. The van der Waals surface area contributed by atoms with Crippen LogP contribution in [0.2, 0.25) is 0 Å². The molecule has 0 atom stereocenters. The first-order valence-electron chi connectivity index (χ1n) is 5.22. The number of ether oxygens (including phenoxy) is 2. The van der Waals surface area contributed by atoms with Crippen LogP contribution in [0.15, 0.2) is 18.2 Å². The second-order valence-corrected chi connectivity index (χ2v) is 3.77. The Labute approximate surface area is 89.0 Å². The molecule has 0 radical (unpaired) electrons. The third-order valence-electron chi connectivity index (χ3n) is 2.85. The first-order chi connectivity index (χ1) is 7.31. The third-order valence-corrected chi connectivity index (χ3v) is 2.85. The van der Waals surface area contributed by atoms with Gasteiger partial charge in [-0.25, -0.2) is 4.39 Å². The van der Waals surface area contributed by atoms with Gasteiger partial charge in [-0.15, -0.1) is 0 Å². The van der Waals surface area contributed by atoms with Gasteiger partial charge in [0, 0.05) is 18.8 Å². The molecule has 0 spiro atoms. The van der Waals surface area contributed by atoms with Crippen LogP contribution in [0.1, 0.15) is 24.3 Å². The summed E-state index contributed by atoms with van der Waals surface area (Å²) < 4.78 is 23.7. The number of hydrogen-bond donors (Lipinski definition) is 0. The second kappa shape index (κ2) is 4.62. The molecule has 0 amide bonds. The summed E-state index contributed by atoms with van der Waals surface area (Å²) in [5, 5.41) is 0. The number of benzene rings is 1. The van der Waals surface area contributed by atoms with Crippen LogP contribution in [0.4, 0.5) is 4.39 Å². The lowest BCUT2D eigenvalue weighted by molar-refractivity contribution is 0.0847. The Kier molecular flexibility index (Phi) is 3.21. The van der Waals surface area contributed by atoms with E-state index in [1.54, 1.807) is 19.2 Å². The third kappa shape index (κ3) is 2.29. The predicted molar refractivity (Wildman–Crippen MR) is 55.7 cm³/mol. The molecule has 2 nitrogen and oxygen atoms in total. The minimum Gasteiger partial charge on any atom is -0.496 e. The SMILES string of the molecule is COc1ccc(F)cc1C1CCOCC1. The molecule has 1 aromatic carbocycles. The monoisotopic (exact) mass is 210 g/mol. The smallest absolute Gasteiger partial charge is 0.123 e. The molecule has 82 valence electrons. The van der Waals surface area contributed by atoms with Gasteiger partial charge in [-0.3, -0.25) is 0 Å². The van der Waals surface area contributed by atoms with E-state index in [0.29, 0.717) is 5.92 Å². The van der Waals surface area contributed by atoms with Gasteiger partial charge in [0.05, 0.1) is 7.11 Å². The average molecular weight is 210 g/mol. The molecular weight excluding hydrogens is 195 g/mol. The normalized spacial score (nSPS) is 17.7. The highest BCUT2D eigenvalue weighted by atomic mass is 19.1. The Morgan fingerprint density at radius 3 is 2.73 bits per heavy atom. The number of methoxy groups -OCH3 is 1. The van der Waals surface area contributed by atoms with Crippen molar-refractivity contribution in [2.45, 2.75) is 18.8 Å². The zero-order valence-electron chi connectivity index (χ0n) is 8.83. The van der Waals surface area contributed by atoms with Crippen LogP contribution in [0, 0.1) is 5.82 Å². The van der Waals surface area contributed by atoms with Crippen LogP contribution in [0.5, 0.6) is 5.75 Å². The average Bonchev–Trinajstić information content (AvgIpc) is 2.30. The van der Waals surface area contributed by atoms with Gasteiger partial charge < -0.3 is 9.47 Å². The fourth-order valence-corrected chi connectivity index (χ4v) is 2.03. The van der Waals surface area contributed by atoms with E-state index in [9.17, 15) is 4.39 Å². The molecule has 1 aromatic rings. The van der Waals surface area contributed by atoms with Crippen LogP contribution in [-0.2, 0) is 4.74 Å². The van der Waals surface area contributed by atoms with Crippen molar-refractivity contribution in [3.63, 3.8) is 0 Å². The summed E-state index contributed by atoms with van der Waals surface area (Å²) >= 11 is 0. The van der Waals surface area contributed by atoms with Crippen LogP contribution >= 0.6 is 0 Å². The fraction of sp³-hybridized carbons (Fsp3) is 0.500. The Morgan fingerprint density at radius 2 is 2.07 bits per heavy atom. The van der Waals surface area contributed by atoms with Crippen LogP contribution < -0.4 is 4.74 Å². The predicted octanol–water partition coefficient (Wildman–Crippen LogP) is 2.73. The van der Waals surface area contributed by atoms with Gasteiger partial charge in [-0.2, -0.15) is 0 Å². The summed E-state index contributed by atoms with van der Waals surface area (Å²) in [6, 6.07) is 4.70. The van der Waals surface area contributed by atoms with Crippen molar-refractivity contribution < 1.29 is 13.9 Å². The van der Waals surface area contributed by atoms with Gasteiger partial charge in [0.1, 0.15) is 11.6 Å². The summed E-state index contributed by atoms with van der Waals surface area (Å²) in [4.78, 5) is 0. The van der Waals surface area contributed by atoms with Gasteiger partial charge in [0.15, 0.2) is 0 Å². The minimum atomic E-state index is -0.197. The van der Waals surface area contributed by atoms with Gasteiger partial charge in [-0.1, -0.05) is 0 Å². The van der Waals surface area contributed by atoms with Crippen LogP contribution in [0.3, 0.4) is 0 Å². The molecule has 3 heteroatoms. The van der Waals surface area contributed by atoms with Crippen molar-refractivity contribution in [2.75, 3.05) is 20.3 Å². The van der Waals surface area contributed by atoms with Gasteiger partial charge in [0.25, 0.3) is 0 Å². The summed E-state index contributed by atoms with van der Waals surface area (Å²) in [5.74, 6) is 0.949. The molecule has 0 bridgehead atoms. The maximum Gasteiger partial charge on any atom is 0.123 e. The van der Waals surface area contributed by atoms with Crippen molar-refractivity contribution in [1.29, 1.82) is 0 Å². The van der Waals surface area contributed by atoms with E-state index in [2.05, 4.69) is 0 Å². The summed E-state index contributed by atoms with van der Waals surface area (Å²) in [6.07, 6.45) is 1.89. The van der Waals surface area contributed by atoms with Gasteiger partial charge in [-0.05, 0) is 37.0 Å². The molecule has 0 unspecified atom stereocenters. The maximum atomic E-state index is 13.2. The van der Waals surface area contributed by atoms with Gasteiger partial charge in [0.2, 0.25) is 0 Å². The van der Waals surface area contributed by atoms with E-state index < -0.39 is 0 Å². The summed E-state index contributed by atoms with van der Waals surface area (Å²) in [5.41, 5.74) is 0.973. The largest absolute Gasteiger partial charge is 0.496 e. The minimum absolute atomic E-state index is 0.197. The van der Waals surface area contributed by atoms with Crippen LogP contribution in [-0.4, -0.2) is 20.3 Å². The van der Waals surface area contributed by atoms with E-state index in [4.69, 9.17) is 9.47 Å². The molecule has 1 aliphatic rings. The lowest BCUT2D eigenvalue weighted by atomic mass is 9.91. The van der Waals surface area contributed by atoms with Crippen LogP contribution in [0.25, 0.3) is 0 Å². The van der Waals surface area contributed by atoms with Crippen molar-refractivity contribution in [1.82, 2.24) is 0 Å². The molecule has 0 aliphatic carbocycles. The standard InChI is InChI=1S/C12H15FO2/c1-14-12-3-2-10(13)8-11(12)9-4-6-15-7-5-9/h2-3,8-9H,4-7H2,1H3. The molecule has 1 heterocycles. The first kappa shape index (κ1) is 10.4. The van der Waals surface area contributed by atoms with E-state index in [0.717, 1.165) is 37.4 Å². The summed E-state index contributed by atoms with van der Waals surface area (Å²) in [6.45, 7) is 1.51. The van der Waals surface area contributed by atoms with Gasteiger partial charge >= 0.3 is 0 Å². The highest BCUT2D eigenvalue weighted by Crippen LogP contribution is 2.33. The van der Waals surface area contributed by atoms with Crippen molar-refractivity contribution in [2.24, 2.45) is 0 Å². The highest BCUT2D eigenvalue weighted by molar-refractivity contribution is 5.37. The number of rotatable bonds is 2. The molecule has 0 saturated carbocycles. The van der Waals surface area contributed by atoms with Crippen molar-refractivity contribution >= 4 is 0 Å². The molecular formula is C12H15FO2. The molecule has 0 N–H and O–H groups in total. The Morgan fingerprint density at radius 1 is 1.33 bits per heavy atom. The zero-order chi connectivity index (χ0) is 10.7. The molecule has 0 aromatic heterocycles. The van der Waals surface area contributed by atoms with Crippen molar-refractivity contribution in [3.8, 4) is 5.75 Å². The quantitative estimate of drug-likeness (QED) is 0.747. The Bertz CT molecular complexity index is 332. The van der Waals surface area contributed by atoms with E-state index in [-0.39, 0.29) is 5.82 Å². The van der Waals surface area contributed by atoms with Crippen molar-refractivity contribution in [3.05, 3.63) is 29.6 Å². The van der Waals surface area contributed by atoms with E-state index in [1.165, 1.54) is 6.07 Å². The topological polar surface area (TPSA) is 18.5 Å². The molecule has 2 rings (SSSR count). The summed E-state index contributed by atoms with van der Waals surface area (Å²) in [7, 11) is 1.62. The zero-order valence-corrected chi connectivity index (χ0v) is 8.83. The molecule has 1 fully saturated rings. The lowest BCUT2D eigenvalue weighted by Crippen LogP contribution is -2.14. The number of hydrogen-bond acceptors (Lipinski definition) is 2. The molecule has 1 saturated heterocycles. The molecule has 15 heavy (non-hydrogen) atoms. The Balaban J connectivity index is 2.27. The first-order valence-corrected chi connectivity index (χ1v) is 5.22. The second-order valence-electron chi connectivity index (χ2n) is 3.77.